The first-order chi connectivity index (χ1) is 30.8. The van der Waals surface area contributed by atoms with Crippen molar-refractivity contribution >= 4 is 28.0 Å². The molecule has 0 unspecified atom stereocenters. The first-order valence-electron chi connectivity index (χ1n) is 18.8. The SMILES string of the molecule is CC(C)Cc1ccccc1[I+]c1ccccc1CC(C)C.Fc1c(F)c(F)c([B-](c2c(F)c(F)c(F)c(F)c2F)(c2c(F)c(F)c(F)c(F)c2F)c2c(F)c(F)c(F)c(F)c2F)c(F)c1F. The van der Waals surface area contributed by atoms with E-state index in [1.165, 1.54) is 12.8 Å². The first-order valence-corrected chi connectivity index (χ1v) is 21.0. The van der Waals surface area contributed by atoms with Gasteiger partial charge in [0.05, 0.1) is 0 Å². The topological polar surface area (TPSA) is 0 Å². The van der Waals surface area contributed by atoms with Gasteiger partial charge in [-0.1, -0.05) is 64.1 Å². The molecule has 22 heteroatoms. The van der Waals surface area contributed by atoms with E-state index in [0.717, 1.165) is 11.8 Å². The van der Waals surface area contributed by atoms with E-state index in [-0.39, 0.29) is 21.2 Å². The molecular weight excluding hydrogens is 1050 g/mol. The summed E-state index contributed by atoms with van der Waals surface area (Å²) in [6.07, 6.45) is -4.82. The Balaban J connectivity index is 0.000000324. The van der Waals surface area contributed by atoms with Crippen molar-refractivity contribution in [2.45, 2.75) is 40.5 Å². The molecule has 6 aromatic rings. The molecule has 0 nitrogen and oxygen atoms in total. The predicted molar refractivity (Wildman–Crippen MR) is 197 cm³/mol. The molecule has 0 saturated heterocycles. The van der Waals surface area contributed by atoms with Gasteiger partial charge in [-0.25, -0.2) is 87.8 Å². The number of benzene rings is 6. The summed E-state index contributed by atoms with van der Waals surface area (Å²) in [5.74, 6) is -70.0. The van der Waals surface area contributed by atoms with Crippen LogP contribution in [-0.2, 0) is 12.8 Å². The fraction of sp³-hybridized carbons (Fsp3) is 0.182. The smallest absolute Gasteiger partial charge is 0.207 e. The van der Waals surface area contributed by atoms with Gasteiger partial charge in [0.25, 0.3) is 0 Å². The molecule has 0 saturated carbocycles. The molecule has 0 spiro atoms. The van der Waals surface area contributed by atoms with Gasteiger partial charge >= 0.3 is 21.2 Å². The number of rotatable bonds is 10. The van der Waals surface area contributed by atoms with Crippen LogP contribution >= 0.6 is 0 Å². The summed E-state index contributed by atoms with van der Waals surface area (Å²) < 4.78 is 297. The molecule has 0 aliphatic heterocycles. The molecule has 0 aromatic heterocycles. The van der Waals surface area contributed by atoms with Gasteiger partial charge in [0.15, 0.2) is 76.9 Å². The molecule has 0 aliphatic rings. The zero-order valence-electron chi connectivity index (χ0n) is 33.7. The predicted octanol–water partition coefficient (Wildman–Crippen LogP) is 8.06. The highest BCUT2D eigenvalue weighted by atomic mass is 127. The second-order valence-electron chi connectivity index (χ2n) is 15.3. The zero-order valence-corrected chi connectivity index (χ0v) is 35.9. The van der Waals surface area contributed by atoms with E-state index >= 15 is 35.1 Å². The van der Waals surface area contributed by atoms with Crippen LogP contribution < -0.4 is 43.1 Å². The van der Waals surface area contributed by atoms with E-state index in [2.05, 4.69) is 76.2 Å². The van der Waals surface area contributed by atoms with E-state index in [4.69, 9.17) is 0 Å². The summed E-state index contributed by atoms with van der Waals surface area (Å²) in [4.78, 5) is 0. The normalized spacial score (nSPS) is 11.8. The van der Waals surface area contributed by atoms with Crippen molar-refractivity contribution in [3.63, 3.8) is 0 Å². The van der Waals surface area contributed by atoms with Crippen LogP contribution in [0.25, 0.3) is 0 Å². The average molecular weight is 1070 g/mol. The molecule has 0 aliphatic carbocycles. The maximum absolute atomic E-state index is 15.4. The standard InChI is InChI=1S/C24BF20.C20H26I/c26-5-1(6(27)14(35)21(42)13(5)34)25(2-7(28)15(36)22(43)16(37)8(2)29,3-9(30)17(38)23(44)18(39)10(3)31)4-11(32)19(40)24(45)20(41)12(4)33;1-15(2)13-17-9-5-7-11-19(17)21-20-12-8-6-10-18(20)14-16(3)4/h;5-12,15-16H,13-14H2,1-4H3/q-1;+1. The zero-order chi connectivity index (χ0) is 49.6. The van der Waals surface area contributed by atoms with Crippen LogP contribution in [0.4, 0.5) is 87.8 Å². The highest BCUT2D eigenvalue weighted by Crippen LogP contribution is 2.31. The Labute approximate surface area is 371 Å². The van der Waals surface area contributed by atoms with Crippen LogP contribution in [-0.4, -0.2) is 6.15 Å². The summed E-state index contributed by atoms with van der Waals surface area (Å²) in [5, 5.41) is 0. The van der Waals surface area contributed by atoms with Gasteiger partial charge in [0, 0.05) is 11.1 Å². The van der Waals surface area contributed by atoms with E-state index < -0.39 is 144 Å². The lowest BCUT2D eigenvalue weighted by atomic mass is 9.12. The quantitative estimate of drug-likeness (QED) is 0.0429. The first kappa shape index (κ1) is 51.7. The van der Waals surface area contributed by atoms with Gasteiger partial charge in [-0.05, 0) is 36.8 Å². The summed E-state index contributed by atoms with van der Waals surface area (Å²) in [7, 11) is 0. The molecule has 0 fully saturated rings. The van der Waals surface area contributed by atoms with Crippen LogP contribution in [0.2, 0.25) is 0 Å². The molecular formula is C44H26BF20I. The van der Waals surface area contributed by atoms with E-state index in [0.29, 0.717) is 0 Å². The molecule has 0 amide bonds. The van der Waals surface area contributed by atoms with Crippen molar-refractivity contribution in [1.29, 1.82) is 0 Å². The second-order valence-corrected chi connectivity index (χ2v) is 18.1. The lowest BCUT2D eigenvalue weighted by Gasteiger charge is -2.44. The fourth-order valence-electron chi connectivity index (χ4n) is 7.38. The molecule has 0 radical (unpaired) electrons. The summed E-state index contributed by atoms with van der Waals surface area (Å²) in [6, 6.07) is 18.1. The number of halogens is 21. The maximum Gasteiger partial charge on any atom is 0.358 e. The van der Waals surface area contributed by atoms with Crippen LogP contribution in [0.15, 0.2) is 48.5 Å². The number of hydrogen-bond acceptors (Lipinski definition) is 0. The van der Waals surface area contributed by atoms with Crippen molar-refractivity contribution in [3.05, 3.63) is 183 Å². The fourth-order valence-corrected chi connectivity index (χ4v) is 10.3. The molecule has 0 N–H and O–H groups in total. The molecule has 0 bridgehead atoms. The largest absolute Gasteiger partial charge is 0.358 e. The van der Waals surface area contributed by atoms with Crippen molar-refractivity contribution < 1.29 is 109 Å². The van der Waals surface area contributed by atoms with Gasteiger partial charge < -0.3 is 0 Å². The Bertz CT molecular complexity index is 2430. The Morgan fingerprint density at radius 3 is 0.682 bits per heavy atom. The third-order valence-corrected chi connectivity index (χ3v) is 13.3. The van der Waals surface area contributed by atoms with Gasteiger partial charge in [-0.2, -0.15) is 0 Å². The lowest BCUT2D eigenvalue weighted by Crippen LogP contribution is -3.62. The highest BCUT2D eigenvalue weighted by Gasteiger charge is 2.52. The summed E-state index contributed by atoms with van der Waals surface area (Å²) in [6.45, 7) is 9.23. The minimum atomic E-state index is -7.22. The Morgan fingerprint density at radius 2 is 0.485 bits per heavy atom. The third-order valence-electron chi connectivity index (χ3n) is 10.1. The Morgan fingerprint density at radius 1 is 0.303 bits per heavy atom. The third kappa shape index (κ3) is 8.84. The lowest BCUT2D eigenvalue weighted by molar-refractivity contribution is -0.599. The van der Waals surface area contributed by atoms with E-state index in [1.54, 1.807) is 18.3 Å². The van der Waals surface area contributed by atoms with Gasteiger partial charge in [0.1, 0.15) is 52.7 Å². The van der Waals surface area contributed by atoms with Gasteiger partial charge in [-0.15, -0.1) is 21.9 Å². The van der Waals surface area contributed by atoms with Crippen LogP contribution in [0.3, 0.4) is 0 Å². The minimum absolute atomic E-state index is 0.0785. The van der Waals surface area contributed by atoms with Crippen molar-refractivity contribution in [1.82, 2.24) is 0 Å². The highest BCUT2D eigenvalue weighted by molar-refractivity contribution is 7.20. The van der Waals surface area contributed by atoms with E-state index in [1.807, 2.05) is 0 Å². The Kier molecular flexibility index (Phi) is 15.6. The Hall–Kier alpha value is -5.29. The van der Waals surface area contributed by atoms with Crippen LogP contribution in [0, 0.1) is 135 Å². The van der Waals surface area contributed by atoms with Crippen molar-refractivity contribution in [2.75, 3.05) is 0 Å². The molecule has 0 heterocycles. The summed E-state index contributed by atoms with van der Waals surface area (Å²) in [5.41, 5.74) is -11.2. The monoisotopic (exact) mass is 1070 g/mol. The summed E-state index contributed by atoms with van der Waals surface area (Å²) >= 11 is -0.0785. The minimum Gasteiger partial charge on any atom is -0.207 e. The van der Waals surface area contributed by atoms with Gasteiger partial charge in [-0.3, -0.25) is 0 Å². The van der Waals surface area contributed by atoms with E-state index in [9.17, 15) is 52.7 Å². The number of hydrogen-bond donors (Lipinski definition) is 0. The second kappa shape index (κ2) is 19.9. The molecule has 352 valence electrons. The van der Waals surface area contributed by atoms with Crippen molar-refractivity contribution in [3.8, 4) is 0 Å². The molecule has 6 rings (SSSR count). The maximum atomic E-state index is 15.4. The molecule has 0 atom stereocenters. The molecule has 6 aromatic carbocycles. The average Bonchev–Trinajstić information content (AvgIpc) is 3.27. The van der Waals surface area contributed by atoms with Crippen LogP contribution in [0.5, 0.6) is 0 Å². The van der Waals surface area contributed by atoms with Crippen LogP contribution in [0.1, 0.15) is 38.8 Å². The van der Waals surface area contributed by atoms with Crippen molar-refractivity contribution in [2.24, 2.45) is 11.8 Å². The van der Waals surface area contributed by atoms with Gasteiger partial charge in [0.2, 0.25) is 0 Å². The molecule has 66 heavy (non-hydrogen) atoms.